The van der Waals surface area contributed by atoms with E-state index < -0.39 is 6.10 Å². The first-order valence-corrected chi connectivity index (χ1v) is 11.4. The molecule has 3 aromatic carbocycles. The van der Waals surface area contributed by atoms with Crippen molar-refractivity contribution in [1.82, 2.24) is 0 Å². The number of hydrogen-bond donors (Lipinski definition) is 1. The van der Waals surface area contributed by atoms with Crippen LogP contribution in [-0.2, 0) is 4.79 Å². The maximum Gasteiger partial charge on any atom is 0.267 e. The number of carbonyl (C=O) groups is 2. The van der Waals surface area contributed by atoms with E-state index >= 15 is 0 Å². The molecule has 1 N–H and O–H groups in total. The number of anilines is 2. The highest BCUT2D eigenvalue weighted by Crippen LogP contribution is 2.39. The number of amides is 2. The maximum atomic E-state index is 13.1. The number of carbonyl (C=O) groups excluding carboxylic acids is 2. The van der Waals surface area contributed by atoms with E-state index in [-0.39, 0.29) is 11.8 Å². The molecule has 3 aromatic rings. The Morgan fingerprint density at radius 2 is 1.67 bits per heavy atom. The molecule has 188 valence electrons. The quantitative estimate of drug-likeness (QED) is 0.479. The average Bonchev–Trinajstić information content (AvgIpc) is 2.90. The first-order chi connectivity index (χ1) is 17.4. The SMILES string of the molecule is COc1cc(C(=O)Nc2ccc3c(c2)N(CCOc2ccccc2)C(=O)C(C)O3)cc(OC)c1OC. The van der Waals surface area contributed by atoms with Crippen LogP contribution in [0.25, 0.3) is 0 Å². The monoisotopic (exact) mass is 492 g/mol. The Morgan fingerprint density at radius 3 is 2.31 bits per heavy atom. The van der Waals surface area contributed by atoms with Crippen molar-refractivity contribution in [1.29, 1.82) is 0 Å². The summed E-state index contributed by atoms with van der Waals surface area (Å²) < 4.78 is 27.6. The summed E-state index contributed by atoms with van der Waals surface area (Å²) in [5.74, 6) is 1.82. The second kappa shape index (κ2) is 10.9. The minimum absolute atomic E-state index is 0.188. The summed E-state index contributed by atoms with van der Waals surface area (Å²) in [6.07, 6.45) is -0.631. The van der Waals surface area contributed by atoms with Gasteiger partial charge in [0, 0.05) is 11.3 Å². The van der Waals surface area contributed by atoms with E-state index in [1.807, 2.05) is 30.3 Å². The van der Waals surface area contributed by atoms with E-state index in [9.17, 15) is 9.59 Å². The highest BCUT2D eigenvalue weighted by Gasteiger charge is 2.31. The average molecular weight is 493 g/mol. The van der Waals surface area contributed by atoms with Crippen molar-refractivity contribution in [3.63, 3.8) is 0 Å². The first kappa shape index (κ1) is 24.7. The molecule has 0 radical (unpaired) electrons. The fourth-order valence-electron chi connectivity index (χ4n) is 3.90. The molecule has 0 fully saturated rings. The smallest absolute Gasteiger partial charge is 0.267 e. The topological polar surface area (TPSA) is 95.6 Å². The van der Waals surface area contributed by atoms with E-state index in [4.69, 9.17) is 23.7 Å². The van der Waals surface area contributed by atoms with Gasteiger partial charge in [0.05, 0.1) is 33.6 Å². The lowest BCUT2D eigenvalue weighted by atomic mass is 10.1. The molecule has 1 aliphatic rings. The molecule has 4 rings (SSSR count). The molecular weight excluding hydrogens is 464 g/mol. The van der Waals surface area contributed by atoms with Crippen molar-refractivity contribution in [3.8, 4) is 28.7 Å². The molecule has 36 heavy (non-hydrogen) atoms. The number of methoxy groups -OCH3 is 3. The summed E-state index contributed by atoms with van der Waals surface area (Å²) in [5, 5.41) is 2.86. The molecule has 0 spiro atoms. The number of nitrogens with zero attached hydrogens (tertiary/aromatic N) is 1. The molecule has 1 atom stereocenters. The number of nitrogens with one attached hydrogen (secondary N) is 1. The van der Waals surface area contributed by atoms with Crippen molar-refractivity contribution in [2.24, 2.45) is 0 Å². The summed E-state index contributed by atoms with van der Waals surface area (Å²) in [7, 11) is 4.46. The summed E-state index contributed by atoms with van der Waals surface area (Å²) in [6.45, 7) is 2.32. The highest BCUT2D eigenvalue weighted by molar-refractivity contribution is 6.06. The van der Waals surface area contributed by atoms with Crippen molar-refractivity contribution in [3.05, 3.63) is 66.2 Å². The second-order valence-electron chi connectivity index (χ2n) is 7.96. The van der Waals surface area contributed by atoms with Gasteiger partial charge in [0.15, 0.2) is 17.6 Å². The van der Waals surface area contributed by atoms with Gasteiger partial charge in [-0.1, -0.05) is 18.2 Å². The molecule has 0 saturated carbocycles. The van der Waals surface area contributed by atoms with Gasteiger partial charge in [0.1, 0.15) is 18.1 Å². The summed E-state index contributed by atoms with van der Waals surface area (Å²) in [4.78, 5) is 27.6. The Balaban J connectivity index is 1.55. The van der Waals surface area contributed by atoms with E-state index in [0.29, 0.717) is 53.1 Å². The van der Waals surface area contributed by atoms with Crippen molar-refractivity contribution < 1.29 is 33.3 Å². The zero-order chi connectivity index (χ0) is 25.7. The molecule has 9 nitrogen and oxygen atoms in total. The van der Waals surface area contributed by atoms with Crippen molar-refractivity contribution >= 4 is 23.2 Å². The fraction of sp³-hybridized carbons (Fsp3) is 0.259. The Kier molecular flexibility index (Phi) is 7.48. The predicted octanol–water partition coefficient (Wildman–Crippen LogP) is 4.16. The molecule has 0 aromatic heterocycles. The first-order valence-electron chi connectivity index (χ1n) is 11.4. The number of ether oxygens (including phenoxy) is 5. The van der Waals surface area contributed by atoms with Crippen LogP contribution < -0.4 is 33.9 Å². The lowest BCUT2D eigenvalue weighted by Crippen LogP contribution is -2.46. The normalized spacial score (nSPS) is 14.4. The zero-order valence-corrected chi connectivity index (χ0v) is 20.6. The third-order valence-corrected chi connectivity index (χ3v) is 5.68. The highest BCUT2D eigenvalue weighted by atomic mass is 16.5. The Morgan fingerprint density at radius 1 is 0.972 bits per heavy atom. The summed E-state index contributed by atoms with van der Waals surface area (Å²) in [6, 6.07) is 17.7. The van der Waals surface area contributed by atoms with Gasteiger partial charge < -0.3 is 33.9 Å². The summed E-state index contributed by atoms with van der Waals surface area (Å²) >= 11 is 0. The van der Waals surface area contributed by atoms with Gasteiger partial charge in [0.25, 0.3) is 11.8 Å². The fourth-order valence-corrected chi connectivity index (χ4v) is 3.90. The molecule has 0 aliphatic carbocycles. The van der Waals surface area contributed by atoms with Crippen LogP contribution in [0, 0.1) is 0 Å². The molecular formula is C27H28N2O7. The molecule has 9 heteroatoms. The summed E-state index contributed by atoms with van der Waals surface area (Å²) in [5.41, 5.74) is 1.36. The number of hydrogen-bond acceptors (Lipinski definition) is 7. The standard InChI is InChI=1S/C27H28N2O7/c1-17-27(31)29(12-13-35-20-8-6-5-7-9-20)21-16-19(10-11-22(21)36-17)28-26(30)18-14-23(32-2)25(34-4)24(15-18)33-3/h5-11,14-17H,12-13H2,1-4H3,(H,28,30). The Labute approximate surface area is 209 Å². The van der Waals surface area contributed by atoms with Gasteiger partial charge in [0.2, 0.25) is 5.75 Å². The lowest BCUT2D eigenvalue weighted by molar-refractivity contribution is -0.125. The maximum absolute atomic E-state index is 13.1. The van der Waals surface area contributed by atoms with Gasteiger partial charge in [-0.2, -0.15) is 0 Å². The number of rotatable bonds is 9. The number of para-hydroxylation sites is 1. The van der Waals surface area contributed by atoms with Crippen LogP contribution >= 0.6 is 0 Å². The van der Waals surface area contributed by atoms with Gasteiger partial charge in [-0.05, 0) is 49.4 Å². The molecule has 1 heterocycles. The van der Waals surface area contributed by atoms with Crippen LogP contribution in [0.15, 0.2) is 60.7 Å². The number of fused-ring (bicyclic) bond motifs is 1. The lowest BCUT2D eigenvalue weighted by Gasteiger charge is -2.33. The molecule has 0 saturated heterocycles. The van der Waals surface area contributed by atoms with Crippen molar-refractivity contribution in [2.75, 3.05) is 44.7 Å². The van der Waals surface area contributed by atoms with Crippen LogP contribution in [0.3, 0.4) is 0 Å². The Bertz CT molecular complexity index is 1220. The van der Waals surface area contributed by atoms with Gasteiger partial charge in [-0.15, -0.1) is 0 Å². The van der Waals surface area contributed by atoms with Gasteiger partial charge >= 0.3 is 0 Å². The molecule has 1 aliphatic heterocycles. The van der Waals surface area contributed by atoms with E-state index in [1.54, 1.807) is 42.2 Å². The molecule has 2 amide bonds. The predicted molar refractivity (Wildman–Crippen MR) is 135 cm³/mol. The third-order valence-electron chi connectivity index (χ3n) is 5.68. The van der Waals surface area contributed by atoms with Crippen LogP contribution in [0.4, 0.5) is 11.4 Å². The Hall–Kier alpha value is -4.40. The number of benzene rings is 3. The molecule has 0 bridgehead atoms. The van der Waals surface area contributed by atoms with E-state index in [2.05, 4.69) is 5.32 Å². The van der Waals surface area contributed by atoms with E-state index in [0.717, 1.165) is 5.75 Å². The second-order valence-corrected chi connectivity index (χ2v) is 7.96. The van der Waals surface area contributed by atoms with Crippen LogP contribution in [0.2, 0.25) is 0 Å². The third kappa shape index (κ3) is 5.14. The minimum atomic E-state index is -0.631. The molecule has 1 unspecified atom stereocenters. The van der Waals surface area contributed by atoms with E-state index in [1.165, 1.54) is 21.3 Å². The van der Waals surface area contributed by atoms with Gasteiger partial charge in [-0.25, -0.2) is 0 Å². The van der Waals surface area contributed by atoms with Crippen LogP contribution in [0.1, 0.15) is 17.3 Å². The zero-order valence-electron chi connectivity index (χ0n) is 20.6. The van der Waals surface area contributed by atoms with Gasteiger partial charge in [-0.3, -0.25) is 9.59 Å². The largest absolute Gasteiger partial charge is 0.493 e. The van der Waals surface area contributed by atoms with Crippen molar-refractivity contribution in [2.45, 2.75) is 13.0 Å². The minimum Gasteiger partial charge on any atom is -0.493 e. The van der Waals surface area contributed by atoms with Crippen LogP contribution in [0.5, 0.6) is 28.7 Å². The van der Waals surface area contributed by atoms with Crippen LogP contribution in [-0.4, -0.2) is 52.4 Å².